The minimum Gasteiger partial charge on any atom is -0.457 e. The summed E-state index contributed by atoms with van der Waals surface area (Å²) in [7, 11) is 0. The first kappa shape index (κ1) is 19.8. The lowest BCUT2D eigenvalue weighted by Gasteiger charge is -2.15. The molecule has 3 aromatic rings. The number of carbonyl (C=O) groups is 1. The fraction of sp³-hybridized carbons (Fsp3) is 0.261. The molecule has 28 heavy (non-hydrogen) atoms. The van der Waals surface area contributed by atoms with Gasteiger partial charge in [0.25, 0.3) is 11.8 Å². The number of rotatable bonds is 6. The van der Waals surface area contributed by atoms with Gasteiger partial charge in [0.15, 0.2) is 0 Å². The van der Waals surface area contributed by atoms with E-state index < -0.39 is 5.92 Å². The average Bonchev–Trinajstić information content (AvgIpc) is 2.67. The lowest BCUT2D eigenvalue weighted by molar-refractivity contribution is -0.00831. The summed E-state index contributed by atoms with van der Waals surface area (Å²) in [5, 5.41) is 4.57. The molecule has 0 aliphatic carbocycles. The smallest absolute Gasteiger partial charge is 0.273 e. The van der Waals surface area contributed by atoms with Crippen LogP contribution in [0.5, 0.6) is 11.5 Å². The Hall–Kier alpha value is -2.95. The van der Waals surface area contributed by atoms with Crippen LogP contribution in [0.4, 0.5) is 8.78 Å². The van der Waals surface area contributed by atoms with Gasteiger partial charge in [-0.3, -0.25) is 4.79 Å². The Balaban J connectivity index is 1.86. The molecule has 5 heteroatoms. The number of halogens is 2. The molecule has 0 atom stereocenters. The molecule has 3 nitrogen and oxygen atoms in total. The Morgan fingerprint density at radius 2 is 1.79 bits per heavy atom. The molecule has 0 saturated carbocycles. The predicted octanol–water partition coefficient (Wildman–Crippen LogP) is 6.27. The van der Waals surface area contributed by atoms with Gasteiger partial charge in [0.2, 0.25) is 0 Å². The minimum atomic E-state index is -2.84. The van der Waals surface area contributed by atoms with Crippen molar-refractivity contribution in [2.45, 2.75) is 39.2 Å². The predicted molar refractivity (Wildman–Crippen MR) is 107 cm³/mol. The SMILES string of the molecule is CCC(F)(F)c1ccc(Oc2cccc3cc(C(=O)NC(C)C)ccc23)cc1. The van der Waals surface area contributed by atoms with Crippen LogP contribution in [-0.4, -0.2) is 11.9 Å². The van der Waals surface area contributed by atoms with Crippen molar-refractivity contribution in [1.29, 1.82) is 0 Å². The average molecular weight is 383 g/mol. The van der Waals surface area contributed by atoms with E-state index in [0.717, 1.165) is 10.8 Å². The van der Waals surface area contributed by atoms with Crippen LogP contribution in [0.25, 0.3) is 10.8 Å². The van der Waals surface area contributed by atoms with Gasteiger partial charge < -0.3 is 10.1 Å². The number of fused-ring (bicyclic) bond motifs is 1. The second kappa shape index (κ2) is 7.97. The molecular weight excluding hydrogens is 360 g/mol. The highest BCUT2D eigenvalue weighted by molar-refractivity contribution is 6.00. The molecule has 0 radical (unpaired) electrons. The van der Waals surface area contributed by atoms with E-state index in [9.17, 15) is 13.6 Å². The molecule has 1 N–H and O–H groups in total. The number of alkyl halides is 2. The quantitative estimate of drug-likeness (QED) is 0.545. The van der Waals surface area contributed by atoms with Crippen LogP contribution in [0.1, 0.15) is 43.1 Å². The first-order valence-corrected chi connectivity index (χ1v) is 9.30. The summed E-state index contributed by atoms with van der Waals surface area (Å²) in [5.41, 5.74) is 0.547. The maximum Gasteiger partial charge on any atom is 0.273 e. The molecular formula is C23H23F2NO2. The maximum atomic E-state index is 13.8. The highest BCUT2D eigenvalue weighted by atomic mass is 19.3. The van der Waals surface area contributed by atoms with Crippen LogP contribution < -0.4 is 10.1 Å². The lowest BCUT2D eigenvalue weighted by atomic mass is 10.1. The van der Waals surface area contributed by atoms with Crippen LogP contribution in [0.15, 0.2) is 60.7 Å². The molecule has 0 saturated heterocycles. The third kappa shape index (κ3) is 4.30. The van der Waals surface area contributed by atoms with E-state index in [1.54, 1.807) is 18.2 Å². The number of benzene rings is 3. The zero-order chi connectivity index (χ0) is 20.3. The number of hydrogen-bond donors (Lipinski definition) is 1. The Bertz CT molecular complexity index is 982. The molecule has 1 amide bonds. The normalized spacial score (nSPS) is 11.6. The van der Waals surface area contributed by atoms with Gasteiger partial charge in [-0.2, -0.15) is 0 Å². The highest BCUT2D eigenvalue weighted by Gasteiger charge is 2.28. The van der Waals surface area contributed by atoms with Gasteiger partial charge in [-0.1, -0.05) is 19.1 Å². The molecule has 146 valence electrons. The molecule has 0 aliphatic heterocycles. The van der Waals surface area contributed by atoms with E-state index in [2.05, 4.69) is 5.32 Å². The third-order valence-corrected chi connectivity index (χ3v) is 4.47. The van der Waals surface area contributed by atoms with Gasteiger partial charge in [0.05, 0.1) is 0 Å². The number of hydrogen-bond acceptors (Lipinski definition) is 2. The standard InChI is InChI=1S/C23H23F2NO2/c1-4-23(24,25)18-9-11-19(12-10-18)28-21-7-5-6-16-14-17(8-13-20(16)21)22(27)26-15(2)3/h5-15H,4H2,1-3H3,(H,26,27). The van der Waals surface area contributed by atoms with Gasteiger partial charge in [-0.05, 0) is 67.8 Å². The van der Waals surface area contributed by atoms with E-state index in [-0.39, 0.29) is 23.9 Å². The van der Waals surface area contributed by atoms with E-state index in [1.807, 2.05) is 44.2 Å². The second-order valence-electron chi connectivity index (χ2n) is 7.00. The Labute approximate surface area is 163 Å². The summed E-state index contributed by atoms with van der Waals surface area (Å²) in [5.74, 6) is -1.89. The minimum absolute atomic E-state index is 0.0268. The molecule has 0 fully saturated rings. The summed E-state index contributed by atoms with van der Waals surface area (Å²) in [6, 6.07) is 16.9. The highest BCUT2D eigenvalue weighted by Crippen LogP contribution is 2.34. The molecule has 3 aromatic carbocycles. The van der Waals surface area contributed by atoms with E-state index in [1.165, 1.54) is 19.1 Å². The molecule has 0 spiro atoms. The molecule has 0 heterocycles. The fourth-order valence-corrected chi connectivity index (χ4v) is 2.93. The van der Waals surface area contributed by atoms with Gasteiger partial charge >= 0.3 is 0 Å². The fourth-order valence-electron chi connectivity index (χ4n) is 2.93. The first-order valence-electron chi connectivity index (χ1n) is 9.30. The van der Waals surface area contributed by atoms with Crippen molar-refractivity contribution >= 4 is 16.7 Å². The molecule has 0 aliphatic rings. The van der Waals surface area contributed by atoms with Crippen LogP contribution in [0.3, 0.4) is 0 Å². The Kier molecular flexibility index (Phi) is 5.63. The van der Waals surface area contributed by atoms with Crippen LogP contribution >= 0.6 is 0 Å². The van der Waals surface area contributed by atoms with Gasteiger partial charge in [0, 0.05) is 29.0 Å². The summed E-state index contributed by atoms with van der Waals surface area (Å²) in [4.78, 5) is 12.2. The van der Waals surface area contributed by atoms with E-state index in [0.29, 0.717) is 17.1 Å². The summed E-state index contributed by atoms with van der Waals surface area (Å²) >= 11 is 0. The second-order valence-corrected chi connectivity index (χ2v) is 7.00. The van der Waals surface area contributed by atoms with Crippen molar-refractivity contribution < 1.29 is 18.3 Å². The van der Waals surface area contributed by atoms with Crippen molar-refractivity contribution in [2.75, 3.05) is 0 Å². The van der Waals surface area contributed by atoms with Crippen molar-refractivity contribution in [3.05, 3.63) is 71.8 Å². The van der Waals surface area contributed by atoms with Gasteiger partial charge in [0.1, 0.15) is 11.5 Å². The summed E-state index contributed by atoms with van der Waals surface area (Å²) < 4.78 is 33.4. The topological polar surface area (TPSA) is 38.3 Å². The van der Waals surface area contributed by atoms with Crippen molar-refractivity contribution in [3.63, 3.8) is 0 Å². The molecule has 0 bridgehead atoms. The van der Waals surface area contributed by atoms with E-state index in [4.69, 9.17) is 4.74 Å². The Morgan fingerprint density at radius 3 is 2.43 bits per heavy atom. The van der Waals surface area contributed by atoms with Crippen molar-refractivity contribution in [3.8, 4) is 11.5 Å². The zero-order valence-electron chi connectivity index (χ0n) is 16.1. The third-order valence-electron chi connectivity index (χ3n) is 4.47. The van der Waals surface area contributed by atoms with Crippen LogP contribution in [-0.2, 0) is 5.92 Å². The van der Waals surface area contributed by atoms with Crippen molar-refractivity contribution in [1.82, 2.24) is 5.32 Å². The van der Waals surface area contributed by atoms with Crippen LogP contribution in [0.2, 0.25) is 0 Å². The van der Waals surface area contributed by atoms with Gasteiger partial charge in [-0.25, -0.2) is 8.78 Å². The first-order chi connectivity index (χ1) is 13.3. The molecule has 0 unspecified atom stereocenters. The van der Waals surface area contributed by atoms with E-state index >= 15 is 0 Å². The maximum absolute atomic E-state index is 13.8. The number of ether oxygens (including phenoxy) is 1. The van der Waals surface area contributed by atoms with Gasteiger partial charge in [-0.15, -0.1) is 0 Å². The Morgan fingerprint density at radius 1 is 1.07 bits per heavy atom. The number of carbonyl (C=O) groups excluding carboxylic acids is 1. The number of nitrogens with one attached hydrogen (secondary N) is 1. The zero-order valence-corrected chi connectivity index (χ0v) is 16.1. The molecule has 0 aromatic heterocycles. The lowest BCUT2D eigenvalue weighted by Crippen LogP contribution is -2.29. The van der Waals surface area contributed by atoms with Crippen molar-refractivity contribution in [2.24, 2.45) is 0 Å². The monoisotopic (exact) mass is 383 g/mol. The summed E-state index contributed by atoms with van der Waals surface area (Å²) in [6.45, 7) is 5.27. The summed E-state index contributed by atoms with van der Waals surface area (Å²) in [6.07, 6.45) is -0.247. The molecule has 3 rings (SSSR count). The number of amides is 1. The van der Waals surface area contributed by atoms with Crippen LogP contribution in [0, 0.1) is 0 Å². The largest absolute Gasteiger partial charge is 0.457 e.